The number of rotatable bonds is 13. The molecule has 0 spiro atoms. The van der Waals surface area contributed by atoms with E-state index in [1.165, 1.54) is 8.64 Å². The van der Waals surface area contributed by atoms with Crippen molar-refractivity contribution in [3.05, 3.63) is 0 Å². The van der Waals surface area contributed by atoms with Crippen molar-refractivity contribution in [1.29, 1.82) is 0 Å². The lowest BCUT2D eigenvalue weighted by Gasteiger charge is -2.29. The van der Waals surface area contributed by atoms with E-state index >= 15 is 0 Å². The Morgan fingerprint density at radius 2 is 0.889 bits per heavy atom. The molecule has 0 saturated carbocycles. The van der Waals surface area contributed by atoms with E-state index in [4.69, 9.17) is 0 Å². The highest BCUT2D eigenvalue weighted by molar-refractivity contribution is 9.29. The molecule has 0 aromatic carbocycles. The standard InChI is InChI=1S/C20H52N2O4S6Si4/c1-21(2)17(31(35(9)10)15-13-19(23,24)33(5)6)27-29-30-28-18(22(3)4)32(36(11)12)16-14-20(25,26)34(7)8/h23-26,33-36H,13-16H2,1-12H3. The van der Waals surface area contributed by atoms with E-state index in [1.807, 2.05) is 47.8 Å². The second-order valence-corrected chi connectivity index (χ2v) is 39.8. The van der Waals surface area contributed by atoms with Crippen LogP contribution in [0.5, 0.6) is 0 Å². The maximum atomic E-state index is 10.5. The predicted molar refractivity (Wildman–Crippen MR) is 192 cm³/mol. The fourth-order valence-electron chi connectivity index (χ4n) is 2.94. The summed E-state index contributed by atoms with van der Waals surface area (Å²) in [5.41, 5.74) is -2.95. The number of hydrogen-bond acceptors (Lipinski definition) is 8. The highest BCUT2D eigenvalue weighted by atomic mass is 33.7. The van der Waals surface area contributed by atoms with Crippen LogP contribution in [-0.4, -0.2) is 123 Å². The number of aliphatic hydroxyl groups is 4. The lowest BCUT2D eigenvalue weighted by Crippen LogP contribution is -2.42. The van der Waals surface area contributed by atoms with Crippen LogP contribution in [0.4, 0.5) is 0 Å². The van der Waals surface area contributed by atoms with Gasteiger partial charge in [0.1, 0.15) is 28.4 Å². The van der Waals surface area contributed by atoms with Crippen LogP contribution in [0, 0.1) is 0 Å². The number of nitrogens with zero attached hydrogens (tertiary/aromatic N) is 2. The SMILES string of the molecule is CN(C)C(SSSSC(N(C)C)=S(CCC(O)(O)[SiH](C)C)[SiH](C)C)=S(CCC(O)(O)[SiH](C)C)[SiH](C)C. The quantitative estimate of drug-likeness (QED) is 0.0757. The van der Waals surface area contributed by atoms with Crippen LogP contribution in [0.15, 0.2) is 0 Å². The minimum atomic E-state index is -1.56. The van der Waals surface area contributed by atoms with Crippen LogP contribution in [0.2, 0.25) is 52.4 Å². The molecule has 16 heteroatoms. The molecule has 0 aliphatic carbocycles. The van der Waals surface area contributed by atoms with Gasteiger partial charge in [-0.25, -0.2) is 0 Å². The highest BCUT2D eigenvalue weighted by Gasteiger charge is 2.30. The summed E-state index contributed by atoms with van der Waals surface area (Å²) in [6.07, 6.45) is 0.929. The Kier molecular flexibility index (Phi) is 19.3. The molecule has 2 atom stereocenters. The molecule has 0 fully saturated rings. The third-order valence-corrected chi connectivity index (χ3v) is 34.2. The molecular formula is C20H52N2O4S6Si4. The maximum absolute atomic E-state index is 10.5. The van der Waals surface area contributed by atoms with E-state index in [-0.39, 0.29) is 19.9 Å². The Hall–Kier alpha value is 2.47. The predicted octanol–water partition coefficient (Wildman–Crippen LogP) is 3.66. The van der Waals surface area contributed by atoms with Crippen LogP contribution in [0.25, 0.3) is 0 Å². The zero-order valence-corrected chi connectivity index (χ0v) is 33.8. The molecule has 0 rings (SSSR count). The van der Waals surface area contributed by atoms with Gasteiger partial charge in [-0.05, 0) is 80.9 Å². The van der Waals surface area contributed by atoms with Crippen molar-refractivity contribution in [2.24, 2.45) is 0 Å². The van der Waals surface area contributed by atoms with Gasteiger partial charge in [0.25, 0.3) is 0 Å². The van der Waals surface area contributed by atoms with E-state index in [2.05, 4.69) is 64.2 Å². The molecule has 218 valence electrons. The van der Waals surface area contributed by atoms with Gasteiger partial charge < -0.3 is 20.4 Å². The number of hydrogen-bond donors (Lipinski definition) is 4. The summed E-state index contributed by atoms with van der Waals surface area (Å²) < 4.78 is 2.71. The molecule has 0 bridgehead atoms. The first-order chi connectivity index (χ1) is 16.3. The van der Waals surface area contributed by atoms with E-state index in [0.717, 1.165) is 11.5 Å². The van der Waals surface area contributed by atoms with Crippen molar-refractivity contribution >= 4 is 103 Å². The largest absolute Gasteiger partial charge is 0.370 e. The molecule has 0 saturated heterocycles. The fraction of sp³-hybridized carbons (Fsp3) is 0.900. The summed E-state index contributed by atoms with van der Waals surface area (Å²) in [4.78, 5) is 4.45. The lowest BCUT2D eigenvalue weighted by molar-refractivity contribution is -0.0928. The van der Waals surface area contributed by atoms with Gasteiger partial charge in [-0.1, -0.05) is 52.4 Å². The molecule has 0 aromatic rings. The highest BCUT2D eigenvalue weighted by Crippen LogP contribution is 2.48. The summed E-state index contributed by atoms with van der Waals surface area (Å²) in [6.45, 7) is 17.4. The molecule has 0 aromatic heterocycles. The molecule has 36 heavy (non-hydrogen) atoms. The molecule has 0 radical (unpaired) electrons. The second-order valence-electron chi connectivity index (χ2n) is 10.6. The zero-order valence-electron chi connectivity index (χ0n) is 24.3. The second kappa shape index (κ2) is 18.1. The third-order valence-electron chi connectivity index (χ3n) is 5.78. The van der Waals surface area contributed by atoms with Crippen LogP contribution < -0.4 is 0 Å². The first kappa shape index (κ1) is 38.5. The maximum Gasteiger partial charge on any atom is 0.142 e. The van der Waals surface area contributed by atoms with Gasteiger partial charge in [-0.3, -0.25) is 9.80 Å². The lowest BCUT2D eigenvalue weighted by atomic mass is 10.5. The average molecular weight is 689 g/mol. The minimum absolute atomic E-state index is 0.0791. The van der Waals surface area contributed by atoms with Gasteiger partial charge >= 0.3 is 0 Å². The molecule has 2 unspecified atom stereocenters. The molecule has 6 nitrogen and oxygen atoms in total. The molecule has 0 aliphatic heterocycles. The third kappa shape index (κ3) is 13.9. The van der Waals surface area contributed by atoms with Gasteiger partial charge in [0.2, 0.25) is 0 Å². The smallest absolute Gasteiger partial charge is 0.142 e. The summed E-state index contributed by atoms with van der Waals surface area (Å²) >= 11 is 0. The summed E-state index contributed by atoms with van der Waals surface area (Å²) in [5, 5.41) is 41.8. The van der Waals surface area contributed by atoms with Crippen LogP contribution in [-0.2, 0) is 0 Å². The van der Waals surface area contributed by atoms with Gasteiger partial charge in [-0.15, -0.1) is 0 Å². The van der Waals surface area contributed by atoms with E-state index in [0.29, 0.717) is 12.8 Å². The molecular weight excluding hydrogens is 637 g/mol. The first-order valence-electron chi connectivity index (χ1n) is 12.4. The van der Waals surface area contributed by atoms with Crippen molar-refractivity contribution in [2.75, 3.05) is 39.7 Å². The Labute approximate surface area is 247 Å². The van der Waals surface area contributed by atoms with E-state index in [9.17, 15) is 20.4 Å². The average Bonchev–Trinajstić information content (AvgIpc) is 2.72. The topological polar surface area (TPSA) is 87.4 Å². The van der Waals surface area contributed by atoms with E-state index < -0.39 is 44.3 Å². The van der Waals surface area contributed by atoms with Gasteiger partial charge in [0.05, 0.1) is 24.5 Å². The summed E-state index contributed by atoms with van der Waals surface area (Å²) in [6, 6.07) is 0. The normalized spacial score (nSPS) is 16.2. The summed E-state index contributed by atoms with van der Waals surface area (Å²) in [7, 11) is 10.6. The van der Waals surface area contributed by atoms with Gasteiger partial charge in [0, 0.05) is 12.8 Å². The molecule has 4 N–H and O–H groups in total. The minimum Gasteiger partial charge on any atom is -0.370 e. The van der Waals surface area contributed by atoms with Crippen LogP contribution in [0.1, 0.15) is 12.8 Å². The van der Waals surface area contributed by atoms with Crippen molar-refractivity contribution < 1.29 is 20.4 Å². The van der Waals surface area contributed by atoms with Crippen LogP contribution in [0.3, 0.4) is 0 Å². The van der Waals surface area contributed by atoms with Gasteiger partial charge in [-0.2, -0.15) is 19.9 Å². The van der Waals surface area contributed by atoms with Crippen molar-refractivity contribution in [1.82, 2.24) is 9.80 Å². The molecule has 0 aliphatic rings. The summed E-state index contributed by atoms with van der Waals surface area (Å²) in [5.74, 6) is 1.70. The van der Waals surface area contributed by atoms with Gasteiger partial charge in [0.15, 0.2) is 0 Å². The monoisotopic (exact) mass is 688 g/mol. The Morgan fingerprint density at radius 3 is 1.08 bits per heavy atom. The zero-order chi connectivity index (χ0) is 28.4. The van der Waals surface area contributed by atoms with Crippen molar-refractivity contribution in [3.8, 4) is 0 Å². The Morgan fingerprint density at radius 1 is 0.611 bits per heavy atom. The van der Waals surface area contributed by atoms with Crippen molar-refractivity contribution in [3.63, 3.8) is 0 Å². The molecule has 0 heterocycles. The Balaban J connectivity index is 5.58. The van der Waals surface area contributed by atoms with Crippen molar-refractivity contribution in [2.45, 2.75) is 76.0 Å². The molecule has 0 amide bonds. The Bertz CT molecular complexity index is 679. The van der Waals surface area contributed by atoms with E-state index in [1.54, 1.807) is 19.7 Å². The van der Waals surface area contributed by atoms with Crippen LogP contribution >= 0.6 is 61.1 Å². The first-order valence-corrected chi connectivity index (χ1v) is 33.4. The fourth-order valence-corrected chi connectivity index (χ4v) is 30.9.